The van der Waals surface area contributed by atoms with Gasteiger partial charge in [-0.25, -0.2) is 0 Å². The molecule has 0 aliphatic rings. The number of aliphatic hydroxyl groups excluding tert-OH is 1. The van der Waals surface area contributed by atoms with Crippen molar-refractivity contribution in [3.05, 3.63) is 0 Å². The number of carbonyl (C=O) groups excluding carboxylic acids is 2. The van der Waals surface area contributed by atoms with Crippen LogP contribution in [-0.4, -0.2) is 42.3 Å². The van der Waals surface area contributed by atoms with E-state index < -0.39 is 24.0 Å². The number of methoxy groups -OCH3 is 1. The van der Waals surface area contributed by atoms with Crippen molar-refractivity contribution in [3.63, 3.8) is 0 Å². The number of hydrogen-bond acceptors (Lipinski definition) is 5. The number of aliphatic hydroxyl groups is 1. The van der Waals surface area contributed by atoms with Gasteiger partial charge in [-0.2, -0.15) is 0 Å². The third-order valence-corrected chi connectivity index (χ3v) is 4.36. The van der Waals surface area contributed by atoms with Crippen LogP contribution in [-0.2, 0) is 14.3 Å². The number of esters is 1. The summed E-state index contributed by atoms with van der Waals surface area (Å²) in [6.07, 6.45) is 3.14. The zero-order valence-electron chi connectivity index (χ0n) is 15.2. The molecule has 0 aliphatic heterocycles. The molecule has 23 heavy (non-hydrogen) atoms. The number of nitrogens with two attached hydrogens (primary N) is 1. The van der Waals surface area contributed by atoms with E-state index in [-0.39, 0.29) is 17.9 Å². The van der Waals surface area contributed by atoms with Gasteiger partial charge in [0.25, 0.3) is 0 Å². The molecule has 4 N–H and O–H groups in total. The fourth-order valence-corrected chi connectivity index (χ4v) is 3.19. The predicted molar refractivity (Wildman–Crippen MR) is 90.7 cm³/mol. The van der Waals surface area contributed by atoms with Crippen molar-refractivity contribution >= 4 is 11.9 Å². The second kappa shape index (κ2) is 11.4. The SMILES string of the molecule is CCCC(CCC)C(NC(C)=O)C(N)[C@H](O)[C@H](CC)C(=O)OC. The van der Waals surface area contributed by atoms with Gasteiger partial charge in [-0.05, 0) is 25.2 Å². The number of rotatable bonds is 11. The Balaban J connectivity index is 5.33. The molecular formula is C17H34N2O4. The van der Waals surface area contributed by atoms with Crippen molar-refractivity contribution in [1.29, 1.82) is 0 Å². The van der Waals surface area contributed by atoms with Crippen LogP contribution in [0.5, 0.6) is 0 Å². The van der Waals surface area contributed by atoms with Crippen molar-refractivity contribution in [2.45, 2.75) is 78.0 Å². The summed E-state index contributed by atoms with van der Waals surface area (Å²) in [6, 6.07) is -1.08. The van der Waals surface area contributed by atoms with Crippen molar-refractivity contribution in [1.82, 2.24) is 5.32 Å². The molecule has 0 aromatic heterocycles. The maximum atomic E-state index is 11.8. The molecule has 0 aromatic rings. The van der Waals surface area contributed by atoms with Gasteiger partial charge < -0.3 is 20.9 Å². The average molecular weight is 330 g/mol. The molecule has 4 atom stereocenters. The van der Waals surface area contributed by atoms with E-state index >= 15 is 0 Å². The molecule has 0 heterocycles. The molecule has 0 bridgehead atoms. The Hall–Kier alpha value is -1.14. The first-order chi connectivity index (χ1) is 10.8. The first kappa shape index (κ1) is 21.9. The fourth-order valence-electron chi connectivity index (χ4n) is 3.19. The lowest BCUT2D eigenvalue weighted by Crippen LogP contribution is -2.58. The van der Waals surface area contributed by atoms with Crippen LogP contribution >= 0.6 is 0 Å². The van der Waals surface area contributed by atoms with Gasteiger partial charge >= 0.3 is 5.97 Å². The van der Waals surface area contributed by atoms with Crippen molar-refractivity contribution in [2.75, 3.05) is 7.11 Å². The van der Waals surface area contributed by atoms with E-state index in [2.05, 4.69) is 19.2 Å². The second-order valence-electron chi connectivity index (χ2n) is 6.17. The minimum atomic E-state index is -1.06. The number of nitrogens with one attached hydrogen (secondary N) is 1. The molecule has 0 spiro atoms. The van der Waals surface area contributed by atoms with Crippen molar-refractivity contribution in [2.24, 2.45) is 17.6 Å². The van der Waals surface area contributed by atoms with Crippen LogP contribution < -0.4 is 11.1 Å². The van der Waals surface area contributed by atoms with Crippen LogP contribution in [0.1, 0.15) is 59.8 Å². The maximum absolute atomic E-state index is 11.8. The van der Waals surface area contributed by atoms with E-state index in [0.717, 1.165) is 25.7 Å². The lowest BCUT2D eigenvalue weighted by atomic mass is 9.81. The van der Waals surface area contributed by atoms with Gasteiger partial charge in [0, 0.05) is 13.0 Å². The topological polar surface area (TPSA) is 102 Å². The fraction of sp³-hybridized carbons (Fsp3) is 0.882. The molecule has 1 amide bonds. The first-order valence-corrected chi connectivity index (χ1v) is 8.62. The quantitative estimate of drug-likeness (QED) is 0.499. The highest BCUT2D eigenvalue weighted by molar-refractivity contribution is 5.74. The van der Waals surface area contributed by atoms with Crippen LogP contribution in [0, 0.1) is 11.8 Å². The summed E-state index contributed by atoms with van der Waals surface area (Å²) in [4.78, 5) is 23.4. The smallest absolute Gasteiger partial charge is 0.311 e. The summed E-state index contributed by atoms with van der Waals surface area (Å²) in [5.74, 6) is -1.16. The van der Waals surface area contributed by atoms with E-state index in [1.165, 1.54) is 14.0 Å². The number of carbonyl (C=O) groups is 2. The minimum Gasteiger partial charge on any atom is -0.469 e. The Labute approximate surface area is 140 Å². The zero-order chi connectivity index (χ0) is 18.0. The van der Waals surface area contributed by atoms with Crippen LogP contribution in [0.25, 0.3) is 0 Å². The molecule has 136 valence electrons. The van der Waals surface area contributed by atoms with Crippen LogP contribution in [0.15, 0.2) is 0 Å². The van der Waals surface area contributed by atoms with Crippen LogP contribution in [0.3, 0.4) is 0 Å². The third kappa shape index (κ3) is 6.87. The molecule has 0 saturated heterocycles. The molecule has 6 heteroatoms. The van der Waals surface area contributed by atoms with Crippen molar-refractivity contribution in [3.8, 4) is 0 Å². The summed E-state index contributed by atoms with van der Waals surface area (Å²) in [5, 5.41) is 13.5. The Morgan fingerprint density at radius 3 is 2.04 bits per heavy atom. The Morgan fingerprint density at radius 2 is 1.70 bits per heavy atom. The van der Waals surface area contributed by atoms with Gasteiger partial charge in [0.05, 0.1) is 25.2 Å². The maximum Gasteiger partial charge on any atom is 0.311 e. The summed E-state index contributed by atoms with van der Waals surface area (Å²) in [6.45, 7) is 7.41. The number of ether oxygens (including phenoxy) is 1. The minimum absolute atomic E-state index is 0.175. The van der Waals surface area contributed by atoms with Gasteiger partial charge in [-0.15, -0.1) is 0 Å². The summed E-state index contributed by atoms with van der Waals surface area (Å²) in [7, 11) is 1.30. The average Bonchev–Trinajstić information content (AvgIpc) is 2.51. The van der Waals surface area contributed by atoms with Crippen LogP contribution in [0.4, 0.5) is 0 Å². The van der Waals surface area contributed by atoms with Gasteiger partial charge in [0.15, 0.2) is 0 Å². The lowest BCUT2D eigenvalue weighted by molar-refractivity contribution is -0.150. The van der Waals surface area contributed by atoms with E-state index in [0.29, 0.717) is 6.42 Å². The largest absolute Gasteiger partial charge is 0.469 e. The lowest BCUT2D eigenvalue weighted by Gasteiger charge is -2.36. The highest BCUT2D eigenvalue weighted by Gasteiger charge is 2.37. The summed E-state index contributed by atoms with van der Waals surface area (Å²) < 4.78 is 4.75. The Morgan fingerprint density at radius 1 is 1.17 bits per heavy atom. The molecular weight excluding hydrogens is 296 g/mol. The molecule has 6 nitrogen and oxygen atoms in total. The Kier molecular flexibility index (Phi) is 10.8. The van der Waals surface area contributed by atoms with Crippen molar-refractivity contribution < 1.29 is 19.4 Å². The molecule has 0 rings (SSSR count). The predicted octanol–water partition coefficient (Wildman–Crippen LogP) is 1.59. The highest BCUT2D eigenvalue weighted by atomic mass is 16.5. The van der Waals surface area contributed by atoms with E-state index in [4.69, 9.17) is 10.5 Å². The number of amides is 1. The third-order valence-electron chi connectivity index (χ3n) is 4.36. The van der Waals surface area contributed by atoms with Gasteiger partial charge in [0.2, 0.25) is 5.91 Å². The molecule has 0 aromatic carbocycles. The van der Waals surface area contributed by atoms with Gasteiger partial charge in [-0.3, -0.25) is 9.59 Å². The molecule has 0 radical (unpaired) electrons. The molecule has 2 unspecified atom stereocenters. The highest BCUT2D eigenvalue weighted by Crippen LogP contribution is 2.24. The van der Waals surface area contributed by atoms with Gasteiger partial charge in [0.1, 0.15) is 0 Å². The molecule has 0 fully saturated rings. The van der Waals surface area contributed by atoms with E-state index in [1.807, 2.05) is 0 Å². The normalized spacial score (nSPS) is 16.5. The first-order valence-electron chi connectivity index (χ1n) is 8.62. The van der Waals surface area contributed by atoms with E-state index in [1.54, 1.807) is 6.92 Å². The molecule has 0 saturated carbocycles. The summed E-state index contributed by atoms with van der Waals surface area (Å²) in [5.41, 5.74) is 6.27. The number of hydrogen-bond donors (Lipinski definition) is 3. The second-order valence-corrected chi connectivity index (χ2v) is 6.17. The molecule has 0 aliphatic carbocycles. The summed E-state index contributed by atoms with van der Waals surface area (Å²) >= 11 is 0. The monoisotopic (exact) mass is 330 g/mol. The van der Waals surface area contributed by atoms with E-state index in [9.17, 15) is 14.7 Å². The standard InChI is InChI=1S/C17H34N2O4/c1-6-9-12(10-7-2)15(19-11(4)20)14(18)16(21)13(8-3)17(22)23-5/h12-16,21H,6-10,18H2,1-5H3,(H,19,20)/t13-,14?,15?,16+/m0/s1. The van der Waals surface area contributed by atoms with Crippen LogP contribution in [0.2, 0.25) is 0 Å². The zero-order valence-corrected chi connectivity index (χ0v) is 15.2. The Bertz CT molecular complexity index is 357. The van der Waals surface area contributed by atoms with Gasteiger partial charge in [-0.1, -0.05) is 33.6 Å².